The maximum absolute atomic E-state index is 13.1. The highest BCUT2D eigenvalue weighted by Gasteiger charge is 2.37. The third-order valence-corrected chi connectivity index (χ3v) is 3.58. The molecule has 0 atom stereocenters. The number of aryl methyl sites for hydroxylation is 1. The Bertz CT molecular complexity index is 946. The molecule has 11 heteroatoms. The number of nitrogens with one attached hydrogen (secondary N) is 1. The summed E-state index contributed by atoms with van der Waals surface area (Å²) >= 11 is 0. The molecule has 0 radical (unpaired) electrons. The first-order valence-corrected chi connectivity index (χ1v) is 7.04. The number of halogens is 3. The molecule has 0 aliphatic carbocycles. The molecule has 3 aromatic rings. The summed E-state index contributed by atoms with van der Waals surface area (Å²) in [5.74, 6) is -0.857. The number of fused-ring (bicyclic) bond motifs is 1. The summed E-state index contributed by atoms with van der Waals surface area (Å²) in [6.07, 6.45) is -2.06. The average molecular weight is 354 g/mol. The predicted octanol–water partition coefficient (Wildman–Crippen LogP) is 2.04. The molecule has 0 bridgehead atoms. The Morgan fingerprint density at radius 1 is 1.40 bits per heavy atom. The van der Waals surface area contributed by atoms with Gasteiger partial charge in [-0.25, -0.2) is 14.8 Å². The van der Waals surface area contributed by atoms with Crippen LogP contribution in [0.15, 0.2) is 18.6 Å². The van der Waals surface area contributed by atoms with Crippen molar-refractivity contribution in [3.05, 3.63) is 35.5 Å². The molecule has 8 nitrogen and oxygen atoms in total. The number of alkyl halides is 3. The van der Waals surface area contributed by atoms with E-state index in [9.17, 15) is 18.0 Å². The number of carboxylic acid groups (broad SMARTS) is 1. The first-order valence-electron chi connectivity index (χ1n) is 7.04. The van der Waals surface area contributed by atoms with Gasteiger partial charge in [0.25, 0.3) is 0 Å². The lowest BCUT2D eigenvalue weighted by molar-refractivity contribution is -0.142. The Hall–Kier alpha value is -3.11. The molecular formula is C14H13F3N6O2. The maximum Gasteiger partial charge on any atom is 0.435 e. The number of H-pyrrole nitrogens is 1. The molecule has 0 unspecified atom stereocenters. The number of nitrogens with zero attached hydrogens (tertiary/aromatic N) is 5. The predicted molar refractivity (Wildman–Crippen MR) is 81.2 cm³/mol. The number of carbonyl (C=O) groups is 1. The minimum atomic E-state index is -4.57. The molecule has 132 valence electrons. The Morgan fingerprint density at radius 2 is 2.12 bits per heavy atom. The standard InChI is InChI=1S/C14H13F3N6O2/c1-22(4-7-5-23(2)21-10(7)14(15,16)17)12-8-3-9(13(24)25)20-11(8)18-6-19-12/h3,5-6H,4H2,1-2H3,(H,24,25)(H,18,19,20). The van der Waals surface area contributed by atoms with Gasteiger partial charge in [-0.2, -0.15) is 18.3 Å². The second kappa shape index (κ2) is 5.76. The lowest BCUT2D eigenvalue weighted by Crippen LogP contribution is -2.20. The molecule has 0 aliphatic rings. The van der Waals surface area contributed by atoms with E-state index in [0.717, 1.165) is 4.68 Å². The molecular weight excluding hydrogens is 341 g/mol. The average Bonchev–Trinajstić information content (AvgIpc) is 3.09. The van der Waals surface area contributed by atoms with Crippen LogP contribution in [0.3, 0.4) is 0 Å². The van der Waals surface area contributed by atoms with Crippen molar-refractivity contribution in [2.24, 2.45) is 7.05 Å². The highest BCUT2D eigenvalue weighted by atomic mass is 19.4. The number of hydrogen-bond donors (Lipinski definition) is 2. The molecule has 25 heavy (non-hydrogen) atoms. The summed E-state index contributed by atoms with van der Waals surface area (Å²) < 4.78 is 40.3. The highest BCUT2D eigenvalue weighted by molar-refractivity contribution is 5.96. The van der Waals surface area contributed by atoms with Gasteiger partial charge in [-0.3, -0.25) is 4.68 Å². The Labute approximate surface area is 138 Å². The van der Waals surface area contributed by atoms with Crippen molar-refractivity contribution in [1.82, 2.24) is 24.7 Å². The topological polar surface area (TPSA) is 99.9 Å². The first kappa shape index (κ1) is 16.7. The van der Waals surface area contributed by atoms with Crippen LogP contribution in [-0.2, 0) is 19.8 Å². The molecule has 0 aromatic carbocycles. The van der Waals surface area contributed by atoms with E-state index >= 15 is 0 Å². The lowest BCUT2D eigenvalue weighted by atomic mass is 10.2. The van der Waals surface area contributed by atoms with Gasteiger partial charge < -0.3 is 15.0 Å². The molecule has 3 heterocycles. The zero-order valence-corrected chi connectivity index (χ0v) is 13.2. The van der Waals surface area contributed by atoms with E-state index in [1.54, 1.807) is 7.05 Å². The lowest BCUT2D eigenvalue weighted by Gasteiger charge is -2.18. The molecule has 3 aromatic heterocycles. The van der Waals surface area contributed by atoms with Crippen LogP contribution < -0.4 is 4.90 Å². The SMILES string of the molecule is CN(Cc1cn(C)nc1C(F)(F)F)c1ncnc2[nH]c(C(=O)O)cc12. The van der Waals surface area contributed by atoms with Crippen molar-refractivity contribution in [3.63, 3.8) is 0 Å². The summed E-state index contributed by atoms with van der Waals surface area (Å²) in [7, 11) is 2.97. The molecule has 0 amide bonds. The van der Waals surface area contributed by atoms with E-state index in [4.69, 9.17) is 5.11 Å². The summed E-state index contributed by atoms with van der Waals surface area (Å²) in [6, 6.07) is 1.34. The summed E-state index contributed by atoms with van der Waals surface area (Å²) in [5.41, 5.74) is -0.773. The fourth-order valence-electron chi connectivity index (χ4n) is 2.57. The molecule has 0 fully saturated rings. The smallest absolute Gasteiger partial charge is 0.435 e. The van der Waals surface area contributed by atoms with Crippen molar-refractivity contribution < 1.29 is 23.1 Å². The number of aromatic carboxylic acids is 1. The number of aromatic amines is 1. The summed E-state index contributed by atoms with van der Waals surface area (Å²) in [4.78, 5) is 23.2. The normalized spacial score (nSPS) is 11.9. The molecule has 0 aliphatic heterocycles. The van der Waals surface area contributed by atoms with Gasteiger partial charge in [0, 0.05) is 32.4 Å². The molecule has 0 saturated heterocycles. The van der Waals surface area contributed by atoms with E-state index in [1.165, 1.54) is 30.5 Å². The van der Waals surface area contributed by atoms with Gasteiger partial charge in [0.1, 0.15) is 23.5 Å². The van der Waals surface area contributed by atoms with Crippen molar-refractivity contribution in [2.45, 2.75) is 12.7 Å². The van der Waals surface area contributed by atoms with E-state index in [2.05, 4.69) is 20.1 Å². The quantitative estimate of drug-likeness (QED) is 0.744. The fraction of sp³-hybridized carbons (Fsp3) is 0.286. The van der Waals surface area contributed by atoms with Crippen LogP contribution in [0.2, 0.25) is 0 Å². The molecule has 0 spiro atoms. The monoisotopic (exact) mass is 354 g/mol. The second-order valence-corrected chi connectivity index (χ2v) is 5.48. The largest absolute Gasteiger partial charge is 0.477 e. The van der Waals surface area contributed by atoms with Crippen LogP contribution in [0.4, 0.5) is 19.0 Å². The third-order valence-electron chi connectivity index (χ3n) is 3.58. The van der Waals surface area contributed by atoms with Crippen molar-refractivity contribution in [3.8, 4) is 0 Å². The van der Waals surface area contributed by atoms with E-state index in [1.807, 2.05) is 0 Å². The van der Waals surface area contributed by atoms with Crippen molar-refractivity contribution in [1.29, 1.82) is 0 Å². The van der Waals surface area contributed by atoms with Gasteiger partial charge in [-0.15, -0.1) is 0 Å². The van der Waals surface area contributed by atoms with Gasteiger partial charge in [0.2, 0.25) is 0 Å². The minimum absolute atomic E-state index is 0.0155. The number of hydrogen-bond acceptors (Lipinski definition) is 5. The van der Waals surface area contributed by atoms with Crippen molar-refractivity contribution in [2.75, 3.05) is 11.9 Å². The van der Waals surface area contributed by atoms with Crippen LogP contribution in [0, 0.1) is 0 Å². The van der Waals surface area contributed by atoms with E-state index in [-0.39, 0.29) is 23.4 Å². The van der Waals surface area contributed by atoms with Gasteiger partial charge in [0.15, 0.2) is 5.69 Å². The second-order valence-electron chi connectivity index (χ2n) is 5.48. The first-order chi connectivity index (χ1) is 11.7. The van der Waals surface area contributed by atoms with Crippen LogP contribution >= 0.6 is 0 Å². The van der Waals surface area contributed by atoms with Crippen LogP contribution in [0.25, 0.3) is 11.0 Å². The van der Waals surface area contributed by atoms with Crippen LogP contribution in [-0.4, -0.2) is 42.9 Å². The Kier molecular flexibility index (Phi) is 3.85. The zero-order chi connectivity index (χ0) is 18.4. The van der Waals surface area contributed by atoms with E-state index < -0.39 is 17.8 Å². The molecule has 3 rings (SSSR count). The molecule has 2 N–H and O–H groups in total. The molecule has 0 saturated carbocycles. The van der Waals surface area contributed by atoms with Crippen molar-refractivity contribution >= 4 is 22.8 Å². The van der Waals surface area contributed by atoms with Crippen LogP contribution in [0.5, 0.6) is 0 Å². The number of rotatable bonds is 4. The van der Waals surface area contributed by atoms with Gasteiger partial charge in [0.05, 0.1) is 5.39 Å². The van der Waals surface area contributed by atoms with Gasteiger partial charge >= 0.3 is 12.1 Å². The summed E-state index contributed by atoms with van der Waals surface area (Å²) in [6.45, 7) is -0.109. The number of anilines is 1. The minimum Gasteiger partial charge on any atom is -0.477 e. The highest BCUT2D eigenvalue weighted by Crippen LogP contribution is 2.32. The number of aromatic nitrogens is 5. The Balaban J connectivity index is 1.99. The zero-order valence-electron chi connectivity index (χ0n) is 13.2. The van der Waals surface area contributed by atoms with Gasteiger partial charge in [-0.05, 0) is 6.07 Å². The van der Waals surface area contributed by atoms with E-state index in [0.29, 0.717) is 11.2 Å². The third kappa shape index (κ3) is 3.12. The maximum atomic E-state index is 13.1. The summed E-state index contributed by atoms with van der Waals surface area (Å²) in [5, 5.41) is 12.9. The number of carboxylic acids is 1. The Morgan fingerprint density at radius 3 is 2.76 bits per heavy atom. The fourth-order valence-corrected chi connectivity index (χ4v) is 2.57. The van der Waals surface area contributed by atoms with Gasteiger partial charge in [-0.1, -0.05) is 0 Å². The van der Waals surface area contributed by atoms with Crippen LogP contribution in [0.1, 0.15) is 21.7 Å².